The first kappa shape index (κ1) is 17.6. The normalized spacial score (nSPS) is 20.6. The molecule has 128 valence electrons. The molecule has 0 aromatic heterocycles. The highest BCUT2D eigenvalue weighted by atomic mass is 16.5. The number of amides is 1. The fourth-order valence-electron chi connectivity index (χ4n) is 3.90. The fourth-order valence-corrected chi connectivity index (χ4v) is 3.90. The van der Waals surface area contributed by atoms with Crippen LogP contribution in [0.2, 0.25) is 0 Å². The molecule has 0 unspecified atom stereocenters. The first-order valence-corrected chi connectivity index (χ1v) is 8.33. The van der Waals surface area contributed by atoms with Crippen molar-refractivity contribution in [3.63, 3.8) is 0 Å². The van der Waals surface area contributed by atoms with Gasteiger partial charge in [0.15, 0.2) is 0 Å². The topological polar surface area (TPSA) is 67.6 Å². The third-order valence-electron chi connectivity index (χ3n) is 4.80. The van der Waals surface area contributed by atoms with Crippen molar-refractivity contribution in [2.24, 2.45) is 5.84 Å². The lowest BCUT2D eigenvalue weighted by molar-refractivity contribution is -0.123. The summed E-state index contributed by atoms with van der Waals surface area (Å²) in [4.78, 5) is 14.7. The van der Waals surface area contributed by atoms with Gasteiger partial charge in [0.05, 0.1) is 7.11 Å². The van der Waals surface area contributed by atoms with Gasteiger partial charge < -0.3 is 9.64 Å². The SMILES string of the molecule is CCC[C@H](C(=O)NN)N1c2cc(OC)ccc2[C@H](C)CC1(C)C. The molecular formula is C18H29N3O2. The molecule has 0 radical (unpaired) electrons. The fraction of sp³-hybridized carbons (Fsp3) is 0.611. The molecule has 2 rings (SSSR count). The van der Waals surface area contributed by atoms with Crippen LogP contribution in [0.3, 0.4) is 0 Å². The number of hydrogen-bond donors (Lipinski definition) is 2. The summed E-state index contributed by atoms with van der Waals surface area (Å²) in [6, 6.07) is 5.87. The number of ether oxygens (including phenoxy) is 1. The molecule has 2 atom stereocenters. The van der Waals surface area contributed by atoms with Crippen LogP contribution in [-0.4, -0.2) is 24.6 Å². The van der Waals surface area contributed by atoms with E-state index in [2.05, 4.69) is 44.1 Å². The third-order valence-corrected chi connectivity index (χ3v) is 4.80. The molecule has 0 fully saturated rings. The number of hydrazine groups is 1. The van der Waals surface area contributed by atoms with Gasteiger partial charge in [-0.05, 0) is 44.2 Å². The Morgan fingerprint density at radius 3 is 2.78 bits per heavy atom. The molecule has 1 amide bonds. The molecule has 23 heavy (non-hydrogen) atoms. The van der Waals surface area contributed by atoms with Crippen LogP contribution in [-0.2, 0) is 4.79 Å². The monoisotopic (exact) mass is 319 g/mol. The number of nitrogens with zero attached hydrogens (tertiary/aromatic N) is 1. The van der Waals surface area contributed by atoms with Crippen LogP contribution >= 0.6 is 0 Å². The molecule has 1 aromatic rings. The van der Waals surface area contributed by atoms with E-state index in [0.717, 1.165) is 30.7 Å². The van der Waals surface area contributed by atoms with Gasteiger partial charge in [-0.15, -0.1) is 0 Å². The number of methoxy groups -OCH3 is 1. The predicted molar refractivity (Wildman–Crippen MR) is 93.6 cm³/mol. The van der Waals surface area contributed by atoms with Gasteiger partial charge in [0.2, 0.25) is 0 Å². The zero-order valence-electron chi connectivity index (χ0n) is 14.8. The summed E-state index contributed by atoms with van der Waals surface area (Å²) in [6.45, 7) is 8.71. The second kappa shape index (κ2) is 6.79. The Balaban J connectivity index is 2.59. The second-order valence-corrected chi connectivity index (χ2v) is 7.03. The first-order chi connectivity index (χ1) is 10.9. The summed E-state index contributed by atoms with van der Waals surface area (Å²) in [7, 11) is 1.67. The quantitative estimate of drug-likeness (QED) is 0.497. The van der Waals surface area contributed by atoms with Crippen molar-refractivity contribution in [3.8, 4) is 5.75 Å². The second-order valence-electron chi connectivity index (χ2n) is 7.03. The molecule has 0 bridgehead atoms. The van der Waals surface area contributed by atoms with E-state index >= 15 is 0 Å². The molecule has 3 N–H and O–H groups in total. The summed E-state index contributed by atoms with van der Waals surface area (Å²) < 4.78 is 5.41. The summed E-state index contributed by atoms with van der Waals surface area (Å²) in [6.07, 6.45) is 2.67. The number of nitrogens with one attached hydrogen (secondary N) is 1. The van der Waals surface area contributed by atoms with E-state index < -0.39 is 0 Å². The number of hydrogen-bond acceptors (Lipinski definition) is 4. The molecule has 5 nitrogen and oxygen atoms in total. The van der Waals surface area contributed by atoms with Crippen LogP contribution in [0, 0.1) is 0 Å². The van der Waals surface area contributed by atoms with Gasteiger partial charge in [0, 0.05) is 17.3 Å². The molecule has 0 aliphatic carbocycles. The molecule has 5 heteroatoms. The van der Waals surface area contributed by atoms with Crippen molar-refractivity contribution in [2.75, 3.05) is 12.0 Å². The van der Waals surface area contributed by atoms with Gasteiger partial charge in [-0.1, -0.05) is 26.3 Å². The average Bonchev–Trinajstić information content (AvgIpc) is 2.51. The van der Waals surface area contributed by atoms with E-state index in [1.54, 1.807) is 7.11 Å². The van der Waals surface area contributed by atoms with Gasteiger partial charge in [0.25, 0.3) is 5.91 Å². The Bertz CT molecular complexity index is 571. The zero-order valence-corrected chi connectivity index (χ0v) is 14.8. The van der Waals surface area contributed by atoms with Crippen LogP contribution in [0.5, 0.6) is 5.75 Å². The summed E-state index contributed by atoms with van der Waals surface area (Å²) in [5, 5.41) is 0. The van der Waals surface area contributed by atoms with E-state index in [0.29, 0.717) is 5.92 Å². The van der Waals surface area contributed by atoms with E-state index in [9.17, 15) is 4.79 Å². The summed E-state index contributed by atoms with van der Waals surface area (Å²) >= 11 is 0. The van der Waals surface area contributed by atoms with Crippen LogP contribution in [0.4, 0.5) is 5.69 Å². The van der Waals surface area contributed by atoms with Gasteiger partial charge >= 0.3 is 0 Å². The maximum atomic E-state index is 12.4. The van der Waals surface area contributed by atoms with Crippen molar-refractivity contribution in [2.45, 2.75) is 64.5 Å². The Morgan fingerprint density at radius 1 is 1.52 bits per heavy atom. The number of nitrogens with two attached hydrogens (primary N) is 1. The van der Waals surface area contributed by atoms with E-state index in [-0.39, 0.29) is 17.5 Å². The van der Waals surface area contributed by atoms with Gasteiger partial charge in [0.1, 0.15) is 11.8 Å². The minimum absolute atomic E-state index is 0.134. The lowest BCUT2D eigenvalue weighted by Gasteiger charge is -2.50. The van der Waals surface area contributed by atoms with Gasteiger partial charge in [-0.2, -0.15) is 0 Å². The van der Waals surface area contributed by atoms with Crippen molar-refractivity contribution in [1.82, 2.24) is 5.43 Å². The number of rotatable bonds is 5. The molecule has 1 aromatic carbocycles. The third kappa shape index (κ3) is 3.29. The Morgan fingerprint density at radius 2 is 2.22 bits per heavy atom. The minimum atomic E-state index is -0.279. The molecule has 0 saturated heterocycles. The van der Waals surface area contributed by atoms with Crippen LogP contribution in [0.25, 0.3) is 0 Å². The van der Waals surface area contributed by atoms with Gasteiger partial charge in [-0.25, -0.2) is 5.84 Å². The maximum Gasteiger partial charge on any atom is 0.256 e. The average molecular weight is 319 g/mol. The summed E-state index contributed by atoms with van der Waals surface area (Å²) in [5.74, 6) is 6.56. The number of carbonyl (C=O) groups excluding carboxylic acids is 1. The molecule has 0 saturated carbocycles. The number of benzene rings is 1. The largest absolute Gasteiger partial charge is 0.497 e. The van der Waals surface area contributed by atoms with Gasteiger partial charge in [-0.3, -0.25) is 10.2 Å². The predicted octanol–water partition coefficient (Wildman–Crippen LogP) is 2.95. The van der Waals surface area contributed by atoms with E-state index in [4.69, 9.17) is 10.6 Å². The highest BCUT2D eigenvalue weighted by molar-refractivity contribution is 5.86. The number of anilines is 1. The Labute approximate surface area is 139 Å². The molecule has 1 heterocycles. The molecule has 1 aliphatic rings. The van der Waals surface area contributed by atoms with Crippen molar-refractivity contribution >= 4 is 11.6 Å². The standard InChI is InChI=1S/C18H29N3O2/c1-6-7-15(17(22)20-19)21-16-10-13(23-5)8-9-14(16)12(2)11-18(21,3)4/h8-10,12,15H,6-7,11,19H2,1-5H3,(H,20,22)/t12-,15-/m1/s1. The zero-order chi connectivity index (χ0) is 17.2. The lowest BCUT2D eigenvalue weighted by atomic mass is 9.78. The highest BCUT2D eigenvalue weighted by Gasteiger charge is 2.42. The van der Waals surface area contributed by atoms with Crippen LogP contribution in [0.1, 0.15) is 58.4 Å². The first-order valence-electron chi connectivity index (χ1n) is 8.33. The van der Waals surface area contributed by atoms with E-state index in [1.807, 2.05) is 12.1 Å². The molecular weight excluding hydrogens is 290 g/mol. The summed E-state index contributed by atoms with van der Waals surface area (Å²) in [5.41, 5.74) is 4.55. The molecule has 0 spiro atoms. The highest BCUT2D eigenvalue weighted by Crippen LogP contribution is 2.46. The van der Waals surface area contributed by atoms with Crippen molar-refractivity contribution in [1.29, 1.82) is 0 Å². The van der Waals surface area contributed by atoms with Crippen molar-refractivity contribution < 1.29 is 9.53 Å². The number of carbonyl (C=O) groups is 1. The van der Waals surface area contributed by atoms with E-state index in [1.165, 1.54) is 5.56 Å². The number of fused-ring (bicyclic) bond motifs is 1. The Hall–Kier alpha value is -1.75. The van der Waals surface area contributed by atoms with Crippen molar-refractivity contribution in [3.05, 3.63) is 23.8 Å². The molecule has 1 aliphatic heterocycles. The lowest BCUT2D eigenvalue weighted by Crippen LogP contribution is -2.59. The smallest absolute Gasteiger partial charge is 0.256 e. The minimum Gasteiger partial charge on any atom is -0.497 e. The Kier molecular flexibility index (Phi) is 5.19. The van der Waals surface area contributed by atoms with Crippen LogP contribution in [0.15, 0.2) is 18.2 Å². The maximum absolute atomic E-state index is 12.4. The van der Waals surface area contributed by atoms with Crippen LogP contribution < -0.4 is 20.9 Å².